The van der Waals surface area contributed by atoms with Gasteiger partial charge in [0.05, 0.1) is 5.69 Å². The van der Waals surface area contributed by atoms with Gasteiger partial charge < -0.3 is 15.4 Å². The van der Waals surface area contributed by atoms with E-state index in [1.165, 1.54) is 5.56 Å². The summed E-state index contributed by atoms with van der Waals surface area (Å²) in [4.78, 5) is 13.8. The summed E-state index contributed by atoms with van der Waals surface area (Å²) in [5.74, 6) is 0.663. The highest BCUT2D eigenvalue weighted by Gasteiger charge is 2.25. The highest BCUT2D eigenvalue weighted by molar-refractivity contribution is 5.98. The number of carbonyl (C=O) groups is 1. The molecule has 0 saturated heterocycles. The third-order valence-electron chi connectivity index (χ3n) is 3.39. The van der Waals surface area contributed by atoms with Crippen molar-refractivity contribution in [2.24, 2.45) is 0 Å². The van der Waals surface area contributed by atoms with E-state index in [0.717, 1.165) is 12.1 Å². The Kier molecular flexibility index (Phi) is 3.29. The van der Waals surface area contributed by atoms with Crippen molar-refractivity contribution in [1.82, 2.24) is 0 Å². The first-order chi connectivity index (χ1) is 9.74. The van der Waals surface area contributed by atoms with Crippen LogP contribution in [0.1, 0.15) is 5.56 Å². The van der Waals surface area contributed by atoms with Crippen LogP contribution in [0.4, 0.5) is 11.4 Å². The van der Waals surface area contributed by atoms with Crippen molar-refractivity contribution in [3.63, 3.8) is 0 Å². The molecule has 0 bridgehead atoms. The number of hydrogen-bond donors (Lipinski definition) is 1. The standard InChI is InChI=1S/C16H16N2O2/c17-13-6-7-14-15(10-13)20-11-16(19)18(14)9-8-12-4-2-1-3-5-12/h1-7,10H,8-9,11,17H2. The Morgan fingerprint density at radius 3 is 2.75 bits per heavy atom. The lowest BCUT2D eigenvalue weighted by Crippen LogP contribution is -2.40. The number of fused-ring (bicyclic) bond motifs is 1. The molecule has 0 unspecified atom stereocenters. The zero-order valence-corrected chi connectivity index (χ0v) is 11.1. The van der Waals surface area contributed by atoms with Crippen molar-refractivity contribution in [2.45, 2.75) is 6.42 Å². The van der Waals surface area contributed by atoms with Crippen LogP contribution in [0.3, 0.4) is 0 Å². The van der Waals surface area contributed by atoms with Crippen LogP contribution in [0.25, 0.3) is 0 Å². The minimum absolute atomic E-state index is 0.0156. The van der Waals surface area contributed by atoms with E-state index in [1.807, 2.05) is 24.3 Å². The quantitative estimate of drug-likeness (QED) is 0.868. The predicted molar refractivity (Wildman–Crippen MR) is 78.8 cm³/mol. The molecule has 0 atom stereocenters. The Bertz CT molecular complexity index is 626. The van der Waals surface area contributed by atoms with Gasteiger partial charge in [-0.2, -0.15) is 0 Å². The van der Waals surface area contributed by atoms with E-state index in [1.54, 1.807) is 17.0 Å². The molecule has 0 saturated carbocycles. The molecule has 1 heterocycles. The van der Waals surface area contributed by atoms with Crippen molar-refractivity contribution in [2.75, 3.05) is 23.8 Å². The first-order valence-electron chi connectivity index (χ1n) is 6.60. The topological polar surface area (TPSA) is 55.6 Å². The second-order valence-electron chi connectivity index (χ2n) is 4.80. The van der Waals surface area contributed by atoms with Crippen LogP contribution in [0.15, 0.2) is 48.5 Å². The lowest BCUT2D eigenvalue weighted by Gasteiger charge is -2.29. The summed E-state index contributed by atoms with van der Waals surface area (Å²) in [6.07, 6.45) is 0.816. The fourth-order valence-electron chi connectivity index (χ4n) is 2.35. The summed E-state index contributed by atoms with van der Waals surface area (Å²) in [7, 11) is 0. The maximum absolute atomic E-state index is 12.0. The number of nitrogen functional groups attached to an aromatic ring is 1. The molecular weight excluding hydrogens is 252 g/mol. The SMILES string of the molecule is Nc1ccc2c(c1)OCC(=O)N2CCc1ccccc1. The van der Waals surface area contributed by atoms with Gasteiger partial charge in [0.25, 0.3) is 5.91 Å². The van der Waals surface area contributed by atoms with Gasteiger partial charge in [0.15, 0.2) is 6.61 Å². The summed E-state index contributed by atoms with van der Waals surface area (Å²) in [6, 6.07) is 15.5. The Hall–Kier alpha value is -2.49. The molecule has 1 aliphatic rings. The Balaban J connectivity index is 1.81. The molecule has 20 heavy (non-hydrogen) atoms. The average Bonchev–Trinajstić information content (AvgIpc) is 2.47. The lowest BCUT2D eigenvalue weighted by atomic mass is 10.1. The Labute approximate surface area is 117 Å². The monoisotopic (exact) mass is 268 g/mol. The molecule has 0 radical (unpaired) electrons. The van der Waals surface area contributed by atoms with Gasteiger partial charge in [-0.05, 0) is 24.1 Å². The van der Waals surface area contributed by atoms with Crippen molar-refractivity contribution in [3.05, 3.63) is 54.1 Å². The van der Waals surface area contributed by atoms with Gasteiger partial charge in [-0.1, -0.05) is 30.3 Å². The molecule has 0 aliphatic carbocycles. The Morgan fingerprint density at radius 2 is 1.95 bits per heavy atom. The van der Waals surface area contributed by atoms with Gasteiger partial charge in [0.2, 0.25) is 0 Å². The smallest absolute Gasteiger partial charge is 0.265 e. The molecule has 0 fully saturated rings. The second-order valence-corrected chi connectivity index (χ2v) is 4.80. The van der Waals surface area contributed by atoms with Crippen LogP contribution in [-0.4, -0.2) is 19.1 Å². The first kappa shape index (κ1) is 12.5. The van der Waals surface area contributed by atoms with Crippen LogP contribution < -0.4 is 15.4 Å². The lowest BCUT2D eigenvalue weighted by molar-refractivity contribution is -0.121. The molecule has 0 spiro atoms. The zero-order valence-electron chi connectivity index (χ0n) is 11.1. The van der Waals surface area contributed by atoms with Gasteiger partial charge in [0, 0.05) is 18.3 Å². The summed E-state index contributed by atoms with van der Waals surface area (Å²) < 4.78 is 5.43. The van der Waals surface area contributed by atoms with E-state index in [2.05, 4.69) is 12.1 Å². The third kappa shape index (κ3) is 2.45. The summed E-state index contributed by atoms with van der Waals surface area (Å²) in [6.45, 7) is 0.717. The average molecular weight is 268 g/mol. The number of hydrogen-bond acceptors (Lipinski definition) is 3. The Morgan fingerprint density at radius 1 is 1.15 bits per heavy atom. The van der Waals surface area contributed by atoms with E-state index in [-0.39, 0.29) is 12.5 Å². The van der Waals surface area contributed by atoms with Crippen LogP contribution >= 0.6 is 0 Å². The largest absolute Gasteiger partial charge is 0.481 e. The van der Waals surface area contributed by atoms with Crippen molar-refractivity contribution in [3.8, 4) is 5.75 Å². The number of benzene rings is 2. The molecule has 102 valence electrons. The number of anilines is 2. The fraction of sp³-hybridized carbons (Fsp3) is 0.188. The van der Waals surface area contributed by atoms with Crippen LogP contribution in [0.2, 0.25) is 0 Å². The van der Waals surface area contributed by atoms with E-state index < -0.39 is 0 Å². The van der Waals surface area contributed by atoms with Gasteiger partial charge in [-0.3, -0.25) is 4.79 Å². The summed E-state index contributed by atoms with van der Waals surface area (Å²) in [5, 5.41) is 0. The van der Waals surface area contributed by atoms with Gasteiger partial charge in [0.1, 0.15) is 5.75 Å². The van der Waals surface area contributed by atoms with Crippen molar-refractivity contribution >= 4 is 17.3 Å². The summed E-state index contributed by atoms with van der Waals surface area (Å²) >= 11 is 0. The molecule has 1 amide bonds. The predicted octanol–water partition coefficient (Wildman–Crippen LogP) is 2.24. The minimum Gasteiger partial charge on any atom is -0.481 e. The molecule has 4 nitrogen and oxygen atoms in total. The number of nitrogens with zero attached hydrogens (tertiary/aromatic N) is 1. The molecule has 2 aromatic rings. The number of nitrogens with two attached hydrogens (primary N) is 1. The molecule has 4 heteroatoms. The van der Waals surface area contributed by atoms with E-state index >= 15 is 0 Å². The minimum atomic E-state index is -0.0156. The van der Waals surface area contributed by atoms with Crippen LogP contribution in [-0.2, 0) is 11.2 Å². The van der Waals surface area contributed by atoms with Gasteiger partial charge in [-0.15, -0.1) is 0 Å². The molecule has 1 aliphatic heterocycles. The normalized spacial score (nSPS) is 13.8. The van der Waals surface area contributed by atoms with E-state index in [9.17, 15) is 4.79 Å². The van der Waals surface area contributed by atoms with Gasteiger partial charge >= 0.3 is 0 Å². The van der Waals surface area contributed by atoms with Crippen LogP contribution in [0, 0.1) is 0 Å². The highest BCUT2D eigenvalue weighted by Crippen LogP contribution is 2.33. The van der Waals surface area contributed by atoms with E-state index in [0.29, 0.717) is 18.0 Å². The third-order valence-corrected chi connectivity index (χ3v) is 3.39. The first-order valence-corrected chi connectivity index (χ1v) is 6.60. The molecule has 0 aromatic heterocycles. The summed E-state index contributed by atoms with van der Waals surface area (Å²) in [5.41, 5.74) is 8.39. The highest BCUT2D eigenvalue weighted by atomic mass is 16.5. The zero-order chi connectivity index (χ0) is 13.9. The molecule has 2 N–H and O–H groups in total. The molecule has 3 rings (SSSR count). The van der Waals surface area contributed by atoms with E-state index in [4.69, 9.17) is 10.5 Å². The van der Waals surface area contributed by atoms with Crippen LogP contribution in [0.5, 0.6) is 5.75 Å². The molecular formula is C16H16N2O2. The fourth-order valence-corrected chi connectivity index (χ4v) is 2.35. The van der Waals surface area contributed by atoms with Gasteiger partial charge in [-0.25, -0.2) is 0 Å². The number of amides is 1. The van der Waals surface area contributed by atoms with Crippen molar-refractivity contribution in [1.29, 1.82) is 0 Å². The maximum atomic E-state index is 12.0. The molecule has 2 aromatic carbocycles. The van der Waals surface area contributed by atoms with Crippen molar-refractivity contribution < 1.29 is 9.53 Å². The number of ether oxygens (including phenoxy) is 1. The maximum Gasteiger partial charge on any atom is 0.265 e. The number of rotatable bonds is 3. The second kappa shape index (κ2) is 5.25. The number of carbonyl (C=O) groups excluding carboxylic acids is 1.